The van der Waals surface area contributed by atoms with Gasteiger partial charge in [-0.3, -0.25) is 9.59 Å². The number of carbonyl (C=O) groups excluding carboxylic acids is 3. The van der Waals surface area contributed by atoms with Crippen LogP contribution in [0.1, 0.15) is 47.5 Å². The number of hydrogen-bond donors (Lipinski definition) is 0. The molecule has 0 N–H and O–H groups in total. The number of fused-ring (bicyclic) bond motifs is 6. The van der Waals surface area contributed by atoms with Crippen molar-refractivity contribution in [1.82, 2.24) is 0 Å². The fourth-order valence-electron chi connectivity index (χ4n) is 5.41. The molecule has 0 radical (unpaired) electrons. The van der Waals surface area contributed by atoms with E-state index in [1.54, 1.807) is 6.92 Å². The molecule has 4 aliphatic rings. The van der Waals surface area contributed by atoms with Crippen LogP contribution < -0.4 is 4.90 Å². The zero-order chi connectivity index (χ0) is 18.9. The molecular weight excluding hydrogens is 362 g/mol. The van der Waals surface area contributed by atoms with Crippen molar-refractivity contribution < 1.29 is 19.1 Å². The van der Waals surface area contributed by atoms with Gasteiger partial charge in [-0.05, 0) is 55.9 Å². The lowest BCUT2D eigenvalue weighted by Gasteiger charge is -2.19. The molecular formula is C21H23NO4S. The van der Waals surface area contributed by atoms with E-state index >= 15 is 0 Å². The minimum Gasteiger partial charge on any atom is -0.462 e. The van der Waals surface area contributed by atoms with E-state index < -0.39 is 5.97 Å². The lowest BCUT2D eigenvalue weighted by atomic mass is 9.85. The highest BCUT2D eigenvalue weighted by molar-refractivity contribution is 7.17. The number of anilines is 1. The van der Waals surface area contributed by atoms with Crippen molar-refractivity contribution in [2.75, 3.05) is 11.5 Å². The van der Waals surface area contributed by atoms with Crippen LogP contribution in [0.25, 0.3) is 0 Å². The van der Waals surface area contributed by atoms with Gasteiger partial charge in [0.25, 0.3) is 0 Å². The summed E-state index contributed by atoms with van der Waals surface area (Å²) >= 11 is 1.45. The monoisotopic (exact) mass is 385 g/mol. The summed E-state index contributed by atoms with van der Waals surface area (Å²) in [5.74, 6) is -0.273. The highest BCUT2D eigenvalue weighted by Gasteiger charge is 2.60. The Kier molecular flexibility index (Phi) is 3.83. The zero-order valence-corrected chi connectivity index (χ0v) is 16.4. The number of rotatable bonds is 3. The summed E-state index contributed by atoms with van der Waals surface area (Å²) in [5, 5.41) is 0.511. The van der Waals surface area contributed by atoms with Crippen LogP contribution in [0.2, 0.25) is 0 Å². The molecule has 1 aliphatic heterocycles. The Balaban J connectivity index is 1.60. The lowest BCUT2D eigenvalue weighted by molar-refractivity contribution is -0.123. The molecule has 142 valence electrons. The summed E-state index contributed by atoms with van der Waals surface area (Å²) in [6.45, 7) is 4.26. The van der Waals surface area contributed by atoms with E-state index in [-0.39, 0.29) is 42.1 Å². The first-order chi connectivity index (χ1) is 13.0. The molecule has 27 heavy (non-hydrogen) atoms. The molecule has 5 rings (SSSR count). The number of carbonyl (C=O) groups is 3. The van der Waals surface area contributed by atoms with Crippen LogP contribution in [-0.2, 0) is 27.2 Å². The van der Waals surface area contributed by atoms with Crippen molar-refractivity contribution in [2.45, 2.75) is 39.5 Å². The second-order valence-electron chi connectivity index (χ2n) is 8.26. The first-order valence-electron chi connectivity index (χ1n) is 9.89. The van der Waals surface area contributed by atoms with Gasteiger partial charge in [0, 0.05) is 4.88 Å². The van der Waals surface area contributed by atoms with Gasteiger partial charge in [-0.15, -0.1) is 11.3 Å². The topological polar surface area (TPSA) is 63.7 Å². The minimum atomic E-state index is -0.404. The van der Waals surface area contributed by atoms with E-state index in [2.05, 4.69) is 19.1 Å². The summed E-state index contributed by atoms with van der Waals surface area (Å²) in [7, 11) is 0. The molecule has 6 heteroatoms. The predicted octanol–water partition coefficient (Wildman–Crippen LogP) is 3.36. The third-order valence-electron chi connectivity index (χ3n) is 6.65. The largest absolute Gasteiger partial charge is 0.462 e. The van der Waals surface area contributed by atoms with Crippen molar-refractivity contribution in [3.05, 3.63) is 28.2 Å². The Hall–Kier alpha value is -1.95. The van der Waals surface area contributed by atoms with Gasteiger partial charge in [-0.1, -0.05) is 19.1 Å². The number of thiophene rings is 1. The number of allylic oxidation sites excluding steroid dienone is 2. The summed E-state index contributed by atoms with van der Waals surface area (Å²) in [5.41, 5.74) is 1.45. The average Bonchev–Trinajstić information content (AvgIpc) is 3.36. The molecule has 0 unspecified atom stereocenters. The number of ether oxygens (including phenoxy) is 1. The maximum atomic E-state index is 13.2. The molecule has 1 aromatic heterocycles. The van der Waals surface area contributed by atoms with Gasteiger partial charge in [-0.2, -0.15) is 0 Å². The van der Waals surface area contributed by atoms with Crippen LogP contribution in [0.4, 0.5) is 5.00 Å². The number of esters is 1. The van der Waals surface area contributed by atoms with Crippen molar-refractivity contribution in [1.29, 1.82) is 0 Å². The van der Waals surface area contributed by atoms with Crippen LogP contribution in [0, 0.1) is 29.6 Å². The third-order valence-corrected chi connectivity index (χ3v) is 7.89. The van der Waals surface area contributed by atoms with Gasteiger partial charge >= 0.3 is 5.97 Å². The quantitative estimate of drug-likeness (QED) is 0.455. The molecule has 0 spiro atoms. The van der Waals surface area contributed by atoms with Crippen LogP contribution in [0.3, 0.4) is 0 Å². The average molecular weight is 385 g/mol. The molecule has 1 saturated carbocycles. The first kappa shape index (κ1) is 17.2. The van der Waals surface area contributed by atoms with Gasteiger partial charge in [0.05, 0.1) is 24.0 Å². The van der Waals surface area contributed by atoms with Gasteiger partial charge in [0.1, 0.15) is 5.00 Å². The van der Waals surface area contributed by atoms with E-state index in [9.17, 15) is 14.4 Å². The van der Waals surface area contributed by atoms with Gasteiger partial charge in [-0.25, -0.2) is 9.69 Å². The van der Waals surface area contributed by atoms with Gasteiger partial charge < -0.3 is 4.74 Å². The van der Waals surface area contributed by atoms with Gasteiger partial charge in [0.15, 0.2) is 0 Å². The second kappa shape index (κ2) is 6.03. The molecule has 2 bridgehead atoms. The number of imide groups is 1. The summed E-state index contributed by atoms with van der Waals surface area (Å²) in [6.07, 6.45) is 7.79. The Morgan fingerprint density at radius 1 is 1.22 bits per heavy atom. The molecule has 1 saturated heterocycles. The molecule has 2 heterocycles. The van der Waals surface area contributed by atoms with E-state index in [0.717, 1.165) is 36.1 Å². The van der Waals surface area contributed by atoms with E-state index in [0.29, 0.717) is 16.5 Å². The predicted molar refractivity (Wildman–Crippen MR) is 102 cm³/mol. The van der Waals surface area contributed by atoms with Crippen molar-refractivity contribution in [2.24, 2.45) is 29.6 Å². The van der Waals surface area contributed by atoms with Crippen LogP contribution in [0.5, 0.6) is 0 Å². The molecule has 5 atom stereocenters. The van der Waals surface area contributed by atoms with Gasteiger partial charge in [0.2, 0.25) is 11.8 Å². The molecule has 5 nitrogen and oxygen atoms in total. The molecule has 1 aromatic rings. The molecule has 2 fully saturated rings. The Bertz CT molecular complexity index is 855. The lowest BCUT2D eigenvalue weighted by Crippen LogP contribution is -2.33. The SMILES string of the molecule is CCOC(=O)c1c(N2C(=O)[C@@H]3[C@@H](C2=O)[C@H]2C=C[C@@H]3C2)sc2c1CC[C@@H](C)C2. The number of hydrogen-bond acceptors (Lipinski definition) is 5. The fraction of sp³-hybridized carbons (Fsp3) is 0.571. The minimum absolute atomic E-state index is 0.126. The van der Waals surface area contributed by atoms with Crippen molar-refractivity contribution >= 4 is 34.1 Å². The normalized spacial score (nSPS) is 33.6. The molecule has 2 amide bonds. The Labute approximate surface area is 162 Å². The summed E-state index contributed by atoms with van der Waals surface area (Å²) in [4.78, 5) is 41.7. The van der Waals surface area contributed by atoms with E-state index in [4.69, 9.17) is 4.74 Å². The molecule has 3 aliphatic carbocycles. The standard InChI is InChI=1S/C21H23NO4S/c1-3-26-21(25)17-13-7-4-10(2)8-14(13)27-20(17)22-18(23)15-11-5-6-12(9-11)16(15)19(22)24/h5-6,10-12,15-16H,3-4,7-9H2,1-2H3/t10-,11-,12+,15+,16+/m1/s1. The fourth-order valence-corrected chi connectivity index (χ4v) is 6.92. The number of amides is 2. The molecule has 0 aromatic carbocycles. The number of nitrogens with zero attached hydrogens (tertiary/aromatic N) is 1. The van der Waals surface area contributed by atoms with Crippen LogP contribution >= 0.6 is 11.3 Å². The highest BCUT2D eigenvalue weighted by Crippen LogP contribution is 2.55. The smallest absolute Gasteiger partial charge is 0.341 e. The first-order valence-corrected chi connectivity index (χ1v) is 10.7. The Morgan fingerprint density at radius 3 is 2.52 bits per heavy atom. The highest BCUT2D eigenvalue weighted by atomic mass is 32.1. The van der Waals surface area contributed by atoms with Crippen LogP contribution in [-0.4, -0.2) is 24.4 Å². The van der Waals surface area contributed by atoms with E-state index in [1.807, 2.05) is 0 Å². The Morgan fingerprint density at radius 2 is 1.89 bits per heavy atom. The maximum Gasteiger partial charge on any atom is 0.341 e. The summed E-state index contributed by atoms with van der Waals surface area (Å²) < 4.78 is 5.30. The van der Waals surface area contributed by atoms with Crippen molar-refractivity contribution in [3.63, 3.8) is 0 Å². The van der Waals surface area contributed by atoms with E-state index in [1.165, 1.54) is 16.2 Å². The second-order valence-corrected chi connectivity index (χ2v) is 9.35. The maximum absolute atomic E-state index is 13.2. The van der Waals surface area contributed by atoms with Crippen molar-refractivity contribution in [3.8, 4) is 0 Å². The zero-order valence-electron chi connectivity index (χ0n) is 15.6. The summed E-state index contributed by atoms with van der Waals surface area (Å²) in [6, 6.07) is 0. The third kappa shape index (κ3) is 2.32. The van der Waals surface area contributed by atoms with Crippen LogP contribution in [0.15, 0.2) is 12.2 Å².